The van der Waals surface area contributed by atoms with E-state index in [0.717, 1.165) is 36.9 Å². The lowest BCUT2D eigenvalue weighted by Crippen LogP contribution is -2.41. The number of anilines is 1. The fraction of sp³-hybridized carbons (Fsp3) is 0.533. The van der Waals surface area contributed by atoms with Crippen LogP contribution in [0.5, 0.6) is 0 Å². The number of amides is 2. The van der Waals surface area contributed by atoms with Gasteiger partial charge in [0.25, 0.3) is 5.91 Å². The lowest BCUT2D eigenvalue weighted by atomic mass is 10.2. The SMILES string of the molecule is Cc1ccncc1NC1CC(=O)N(C2CCCC2)C1=O. The molecular weight excluding hydrogens is 254 g/mol. The number of hydrogen-bond donors (Lipinski definition) is 1. The molecule has 0 spiro atoms. The lowest BCUT2D eigenvalue weighted by molar-refractivity contribution is -0.141. The summed E-state index contributed by atoms with van der Waals surface area (Å²) in [5.74, 6) is -0.119. The molecule has 1 unspecified atom stereocenters. The number of aryl methyl sites for hydroxylation is 1. The number of carbonyl (C=O) groups excluding carboxylic acids is 2. The van der Waals surface area contributed by atoms with E-state index in [1.165, 1.54) is 4.90 Å². The van der Waals surface area contributed by atoms with E-state index >= 15 is 0 Å². The molecule has 1 aliphatic carbocycles. The molecule has 1 saturated carbocycles. The van der Waals surface area contributed by atoms with Crippen LogP contribution >= 0.6 is 0 Å². The van der Waals surface area contributed by atoms with Crippen LogP contribution in [0, 0.1) is 6.92 Å². The molecule has 5 nitrogen and oxygen atoms in total. The van der Waals surface area contributed by atoms with Crippen molar-refractivity contribution in [2.75, 3.05) is 5.32 Å². The zero-order chi connectivity index (χ0) is 14.1. The van der Waals surface area contributed by atoms with Crippen LogP contribution in [-0.4, -0.2) is 33.8 Å². The molecule has 1 aliphatic heterocycles. The third-order valence-corrected chi connectivity index (χ3v) is 4.24. The number of rotatable bonds is 3. The molecule has 2 amide bonds. The second-order valence-electron chi connectivity index (χ2n) is 5.63. The van der Waals surface area contributed by atoms with Gasteiger partial charge < -0.3 is 5.32 Å². The van der Waals surface area contributed by atoms with Crippen molar-refractivity contribution in [2.24, 2.45) is 0 Å². The number of likely N-dealkylation sites (tertiary alicyclic amines) is 1. The van der Waals surface area contributed by atoms with Crippen LogP contribution in [0.1, 0.15) is 37.7 Å². The fourth-order valence-electron chi connectivity index (χ4n) is 3.11. The smallest absolute Gasteiger partial charge is 0.252 e. The van der Waals surface area contributed by atoms with Crippen molar-refractivity contribution in [1.82, 2.24) is 9.88 Å². The minimum absolute atomic E-state index is 0.0408. The standard InChI is InChI=1S/C15H19N3O2/c1-10-6-7-16-9-13(10)17-12-8-14(19)18(15(12)20)11-4-2-3-5-11/h6-7,9,11-12,17H,2-5,8H2,1H3. The summed E-state index contributed by atoms with van der Waals surface area (Å²) in [6.07, 6.45) is 7.80. The van der Waals surface area contributed by atoms with Crippen molar-refractivity contribution in [3.05, 3.63) is 24.0 Å². The highest BCUT2D eigenvalue weighted by Gasteiger charge is 2.43. The summed E-state index contributed by atoms with van der Waals surface area (Å²) in [4.78, 5) is 30.1. The maximum atomic E-state index is 12.4. The Balaban J connectivity index is 1.74. The summed E-state index contributed by atoms with van der Waals surface area (Å²) in [7, 11) is 0. The van der Waals surface area contributed by atoms with Crippen LogP contribution in [0.3, 0.4) is 0 Å². The largest absolute Gasteiger partial charge is 0.372 e. The Labute approximate surface area is 118 Å². The average molecular weight is 273 g/mol. The van der Waals surface area contributed by atoms with Gasteiger partial charge in [0, 0.05) is 12.2 Å². The van der Waals surface area contributed by atoms with E-state index in [0.29, 0.717) is 0 Å². The van der Waals surface area contributed by atoms with E-state index in [4.69, 9.17) is 0 Å². The Kier molecular flexibility index (Phi) is 3.42. The fourth-order valence-corrected chi connectivity index (χ4v) is 3.11. The Hall–Kier alpha value is -1.91. The van der Waals surface area contributed by atoms with Gasteiger partial charge in [0.15, 0.2) is 0 Å². The second-order valence-corrected chi connectivity index (χ2v) is 5.63. The number of pyridine rings is 1. The first kappa shape index (κ1) is 13.1. The third kappa shape index (κ3) is 2.28. The van der Waals surface area contributed by atoms with E-state index in [9.17, 15) is 9.59 Å². The van der Waals surface area contributed by atoms with Gasteiger partial charge in [-0.1, -0.05) is 12.8 Å². The van der Waals surface area contributed by atoms with E-state index in [1.807, 2.05) is 13.0 Å². The number of aromatic nitrogens is 1. The average Bonchev–Trinajstić information content (AvgIpc) is 3.02. The van der Waals surface area contributed by atoms with Crippen molar-refractivity contribution in [1.29, 1.82) is 0 Å². The maximum Gasteiger partial charge on any atom is 0.252 e. The molecule has 0 bridgehead atoms. The van der Waals surface area contributed by atoms with Gasteiger partial charge in [-0.25, -0.2) is 0 Å². The number of nitrogens with zero attached hydrogens (tertiary/aromatic N) is 2. The predicted molar refractivity (Wildman–Crippen MR) is 75.1 cm³/mol. The normalized spacial score (nSPS) is 23.6. The number of carbonyl (C=O) groups is 2. The van der Waals surface area contributed by atoms with Gasteiger partial charge in [0.05, 0.1) is 18.3 Å². The number of imide groups is 1. The van der Waals surface area contributed by atoms with Crippen LogP contribution in [0.15, 0.2) is 18.5 Å². The highest BCUT2D eigenvalue weighted by Crippen LogP contribution is 2.29. The predicted octanol–water partition coefficient (Wildman–Crippen LogP) is 1.87. The maximum absolute atomic E-state index is 12.4. The van der Waals surface area contributed by atoms with Crippen LogP contribution in [0.4, 0.5) is 5.69 Å². The zero-order valence-corrected chi connectivity index (χ0v) is 11.6. The first-order chi connectivity index (χ1) is 9.66. The number of nitrogens with one attached hydrogen (secondary N) is 1. The molecule has 1 saturated heterocycles. The molecule has 1 N–H and O–H groups in total. The third-order valence-electron chi connectivity index (χ3n) is 4.24. The Bertz CT molecular complexity index is 538. The molecule has 0 radical (unpaired) electrons. The molecule has 106 valence electrons. The molecule has 20 heavy (non-hydrogen) atoms. The quantitative estimate of drug-likeness (QED) is 0.854. The van der Waals surface area contributed by atoms with Crippen molar-refractivity contribution in [3.63, 3.8) is 0 Å². The van der Waals surface area contributed by atoms with Crippen LogP contribution in [0.2, 0.25) is 0 Å². The van der Waals surface area contributed by atoms with Gasteiger partial charge in [-0.15, -0.1) is 0 Å². The summed E-state index contributed by atoms with van der Waals surface area (Å²) in [5.41, 5.74) is 1.85. The van der Waals surface area contributed by atoms with Gasteiger partial charge in [-0.3, -0.25) is 19.5 Å². The van der Waals surface area contributed by atoms with Crippen molar-refractivity contribution < 1.29 is 9.59 Å². The van der Waals surface area contributed by atoms with E-state index in [2.05, 4.69) is 10.3 Å². The first-order valence-electron chi connectivity index (χ1n) is 7.20. The van der Waals surface area contributed by atoms with Gasteiger partial charge in [-0.05, 0) is 31.4 Å². The topological polar surface area (TPSA) is 62.3 Å². The summed E-state index contributed by atoms with van der Waals surface area (Å²) in [6, 6.07) is 1.57. The van der Waals surface area contributed by atoms with Gasteiger partial charge in [0.2, 0.25) is 5.91 Å². The zero-order valence-electron chi connectivity index (χ0n) is 11.6. The lowest BCUT2D eigenvalue weighted by Gasteiger charge is -2.22. The summed E-state index contributed by atoms with van der Waals surface area (Å²) >= 11 is 0. The van der Waals surface area contributed by atoms with Crippen LogP contribution in [0.25, 0.3) is 0 Å². The van der Waals surface area contributed by atoms with Crippen molar-refractivity contribution >= 4 is 17.5 Å². The van der Waals surface area contributed by atoms with E-state index in [1.54, 1.807) is 12.4 Å². The Morgan fingerprint density at radius 3 is 2.75 bits per heavy atom. The molecule has 3 rings (SSSR count). The monoisotopic (exact) mass is 273 g/mol. The molecule has 1 aromatic heterocycles. The summed E-state index contributed by atoms with van der Waals surface area (Å²) in [5, 5.41) is 3.17. The summed E-state index contributed by atoms with van der Waals surface area (Å²) in [6.45, 7) is 1.96. The molecule has 1 aromatic rings. The molecule has 1 atom stereocenters. The molecule has 5 heteroatoms. The van der Waals surface area contributed by atoms with Crippen LogP contribution < -0.4 is 5.32 Å². The Morgan fingerprint density at radius 1 is 1.30 bits per heavy atom. The molecular formula is C15H19N3O2. The van der Waals surface area contributed by atoms with Gasteiger partial charge >= 0.3 is 0 Å². The molecule has 0 aromatic carbocycles. The van der Waals surface area contributed by atoms with Gasteiger partial charge in [-0.2, -0.15) is 0 Å². The highest BCUT2D eigenvalue weighted by atomic mass is 16.2. The molecule has 2 fully saturated rings. The van der Waals surface area contributed by atoms with E-state index < -0.39 is 6.04 Å². The highest BCUT2D eigenvalue weighted by molar-refractivity contribution is 6.07. The summed E-state index contributed by atoms with van der Waals surface area (Å²) < 4.78 is 0. The number of hydrogen-bond acceptors (Lipinski definition) is 4. The minimum Gasteiger partial charge on any atom is -0.372 e. The minimum atomic E-state index is -0.439. The second kappa shape index (κ2) is 5.23. The molecule has 2 aliphatic rings. The molecule has 2 heterocycles. The van der Waals surface area contributed by atoms with Crippen LogP contribution in [-0.2, 0) is 9.59 Å². The van der Waals surface area contributed by atoms with Gasteiger partial charge in [0.1, 0.15) is 6.04 Å². The Morgan fingerprint density at radius 2 is 2.05 bits per heavy atom. The first-order valence-corrected chi connectivity index (χ1v) is 7.20. The van der Waals surface area contributed by atoms with Crippen molar-refractivity contribution in [2.45, 2.75) is 51.1 Å². The van der Waals surface area contributed by atoms with Crippen molar-refractivity contribution in [3.8, 4) is 0 Å². The van der Waals surface area contributed by atoms with E-state index in [-0.39, 0.29) is 24.3 Å².